The molecule has 0 aromatic heterocycles. The third kappa shape index (κ3) is 13.6. The van der Waals surface area contributed by atoms with Gasteiger partial charge in [-0.3, -0.25) is 0 Å². The molecule has 96 valence electrons. The topological polar surface area (TPSA) is 28.0 Å². The van der Waals surface area contributed by atoms with Crippen LogP contribution in [0.2, 0.25) is 0 Å². The molecule has 16 heavy (non-hydrogen) atoms. The highest BCUT2D eigenvalue weighted by Crippen LogP contribution is 2.01. The van der Waals surface area contributed by atoms with Crippen molar-refractivity contribution >= 4 is 18.4 Å². The van der Waals surface area contributed by atoms with Crippen LogP contribution in [0, 0.1) is 0 Å². The molecule has 3 nitrogen and oxygen atoms in total. The van der Waals surface area contributed by atoms with Gasteiger partial charge in [-0.15, -0.1) is 12.4 Å². The first-order chi connectivity index (χ1) is 7.16. The number of halogens is 1. The Hall–Kier alpha value is -0.370. The summed E-state index contributed by atoms with van der Waals surface area (Å²) in [4.78, 5) is 10.6. The second kappa shape index (κ2) is 12.7. The number of hydrogen-bond donors (Lipinski definition) is 0. The molecule has 0 radical (unpaired) electrons. The minimum atomic E-state index is 0. The van der Waals surface area contributed by atoms with Crippen LogP contribution in [-0.4, -0.2) is 44.1 Å². The Labute approximate surface area is 106 Å². The zero-order valence-electron chi connectivity index (χ0n) is 11.1. The predicted octanol–water partition coefficient (Wildman–Crippen LogP) is 3.11. The van der Waals surface area contributed by atoms with Crippen molar-refractivity contribution in [3.63, 3.8) is 0 Å². The highest BCUT2D eigenvalue weighted by molar-refractivity contribution is 5.85. The Balaban J connectivity index is 0. The van der Waals surface area contributed by atoms with Crippen molar-refractivity contribution < 1.29 is 0 Å². The lowest BCUT2D eigenvalue weighted by molar-refractivity contribution is 0.403. The van der Waals surface area contributed by atoms with Crippen LogP contribution in [0.4, 0.5) is 0 Å². The van der Waals surface area contributed by atoms with E-state index in [1.54, 1.807) is 0 Å². The van der Waals surface area contributed by atoms with Gasteiger partial charge in [0.1, 0.15) is 0 Å². The fraction of sp³-hybridized carbons (Fsp3) is 0.917. The van der Waals surface area contributed by atoms with Crippen LogP contribution in [0.15, 0.2) is 9.98 Å². The molecule has 0 rings (SSSR count). The second-order valence-corrected chi connectivity index (χ2v) is 4.26. The zero-order valence-corrected chi connectivity index (χ0v) is 11.9. The molecular formula is C12H26ClN3. The van der Waals surface area contributed by atoms with E-state index in [2.05, 4.69) is 48.8 Å². The molecule has 0 aliphatic rings. The lowest BCUT2D eigenvalue weighted by atomic mass is 10.2. The van der Waals surface area contributed by atoms with Gasteiger partial charge in [0.05, 0.1) is 18.6 Å². The van der Waals surface area contributed by atoms with Crippen molar-refractivity contribution in [2.45, 2.75) is 45.6 Å². The quantitative estimate of drug-likeness (QED) is 0.479. The largest absolute Gasteiger partial charge is 0.309 e. The molecule has 0 spiro atoms. The number of aliphatic imine (C=N–C) groups is 2. The second-order valence-electron chi connectivity index (χ2n) is 4.26. The van der Waals surface area contributed by atoms with E-state index in [-0.39, 0.29) is 12.4 Å². The molecule has 0 bridgehead atoms. The summed E-state index contributed by atoms with van der Waals surface area (Å²) in [5, 5.41) is 0. The number of unbranched alkanes of at least 4 members (excludes halogenated alkanes) is 1. The molecular weight excluding hydrogens is 222 g/mol. The summed E-state index contributed by atoms with van der Waals surface area (Å²) < 4.78 is 0. The summed E-state index contributed by atoms with van der Waals surface area (Å²) >= 11 is 0. The molecule has 0 saturated carbocycles. The Kier molecular flexibility index (Phi) is 14.3. The van der Waals surface area contributed by atoms with Gasteiger partial charge in [0.15, 0.2) is 0 Å². The molecule has 4 heteroatoms. The van der Waals surface area contributed by atoms with Crippen LogP contribution in [0.5, 0.6) is 0 Å². The summed E-state index contributed by atoms with van der Waals surface area (Å²) in [5.74, 6) is 0. The van der Waals surface area contributed by atoms with Crippen LogP contribution in [0.3, 0.4) is 0 Å². The molecule has 0 aliphatic heterocycles. The van der Waals surface area contributed by atoms with Gasteiger partial charge in [0.2, 0.25) is 0 Å². The van der Waals surface area contributed by atoms with Crippen molar-refractivity contribution in [3.8, 4) is 0 Å². The van der Waals surface area contributed by atoms with Crippen LogP contribution in [-0.2, 0) is 0 Å². The van der Waals surface area contributed by atoms with Gasteiger partial charge in [-0.1, -0.05) is 19.8 Å². The summed E-state index contributed by atoms with van der Waals surface area (Å²) in [7, 11) is 4.15. The highest BCUT2D eigenvalue weighted by Gasteiger charge is 1.95. The number of rotatable bonds is 8. The van der Waals surface area contributed by atoms with E-state index in [1.165, 1.54) is 12.8 Å². The molecule has 0 N–H and O–H groups in total. The van der Waals surface area contributed by atoms with Gasteiger partial charge in [0.25, 0.3) is 0 Å². The van der Waals surface area contributed by atoms with Gasteiger partial charge in [-0.25, -0.2) is 9.98 Å². The van der Waals surface area contributed by atoms with Crippen molar-refractivity contribution in [2.24, 2.45) is 9.98 Å². The van der Waals surface area contributed by atoms with Gasteiger partial charge >= 0.3 is 0 Å². The van der Waals surface area contributed by atoms with E-state index < -0.39 is 0 Å². The van der Waals surface area contributed by atoms with E-state index in [1.807, 2.05) is 0 Å². The fourth-order valence-electron chi connectivity index (χ4n) is 1.22. The molecule has 0 fully saturated rings. The minimum Gasteiger partial charge on any atom is -0.309 e. The molecule has 1 unspecified atom stereocenters. The normalized spacial score (nSPS) is 11.6. The predicted molar refractivity (Wildman–Crippen MR) is 74.1 cm³/mol. The highest BCUT2D eigenvalue weighted by atomic mass is 35.5. The van der Waals surface area contributed by atoms with E-state index in [9.17, 15) is 0 Å². The average molecular weight is 248 g/mol. The average Bonchev–Trinajstić information content (AvgIpc) is 2.19. The van der Waals surface area contributed by atoms with Crippen LogP contribution < -0.4 is 0 Å². The van der Waals surface area contributed by atoms with Crippen LogP contribution in [0.25, 0.3) is 0 Å². The molecule has 0 aliphatic carbocycles. The first-order valence-corrected chi connectivity index (χ1v) is 5.93. The number of hydrogen-bond acceptors (Lipinski definition) is 3. The van der Waals surface area contributed by atoms with Gasteiger partial charge < -0.3 is 4.90 Å². The first-order valence-electron chi connectivity index (χ1n) is 5.93. The zero-order chi connectivity index (χ0) is 11.5. The van der Waals surface area contributed by atoms with E-state index >= 15 is 0 Å². The SMILES string of the molecule is CCCCC(C)N=C=NCCCN(C)C.Cl. The molecule has 0 amide bonds. The van der Waals surface area contributed by atoms with E-state index in [0.29, 0.717) is 6.04 Å². The van der Waals surface area contributed by atoms with Crippen molar-refractivity contribution in [1.29, 1.82) is 0 Å². The van der Waals surface area contributed by atoms with Crippen LogP contribution in [0.1, 0.15) is 39.5 Å². The molecule has 0 heterocycles. The smallest absolute Gasteiger partial charge is 0.0895 e. The van der Waals surface area contributed by atoms with Gasteiger partial charge in [-0.2, -0.15) is 0 Å². The standard InChI is InChI=1S/C12H25N3.ClH/c1-5-6-8-12(2)14-11-13-9-7-10-15(3)4;/h12H,5-10H2,1-4H3;1H. The molecule has 1 atom stereocenters. The lowest BCUT2D eigenvalue weighted by Crippen LogP contribution is -2.13. The van der Waals surface area contributed by atoms with Crippen molar-refractivity contribution in [2.75, 3.05) is 27.2 Å². The van der Waals surface area contributed by atoms with Crippen molar-refractivity contribution in [3.05, 3.63) is 0 Å². The molecule has 0 aromatic rings. The summed E-state index contributed by atoms with van der Waals surface area (Å²) in [6, 6.07) is 3.18. The third-order valence-corrected chi connectivity index (χ3v) is 2.20. The summed E-state index contributed by atoms with van der Waals surface area (Å²) in [6.07, 6.45) is 4.71. The lowest BCUT2D eigenvalue weighted by Gasteiger charge is -2.05. The Bertz CT molecular complexity index is 198. The van der Waals surface area contributed by atoms with Gasteiger partial charge in [0, 0.05) is 0 Å². The van der Waals surface area contributed by atoms with Crippen molar-refractivity contribution in [1.82, 2.24) is 4.90 Å². The Morgan fingerprint density at radius 3 is 2.50 bits per heavy atom. The Morgan fingerprint density at radius 2 is 1.94 bits per heavy atom. The van der Waals surface area contributed by atoms with Gasteiger partial charge in [-0.05, 0) is 40.4 Å². The summed E-state index contributed by atoms with van der Waals surface area (Å²) in [6.45, 7) is 6.24. The van der Waals surface area contributed by atoms with E-state index in [0.717, 1.165) is 25.9 Å². The first kappa shape index (κ1) is 18.0. The number of nitrogens with zero attached hydrogens (tertiary/aromatic N) is 3. The monoisotopic (exact) mass is 247 g/mol. The molecule has 0 aromatic carbocycles. The fourth-order valence-corrected chi connectivity index (χ4v) is 1.22. The van der Waals surface area contributed by atoms with E-state index in [4.69, 9.17) is 0 Å². The molecule has 0 saturated heterocycles. The maximum absolute atomic E-state index is 4.25. The third-order valence-electron chi connectivity index (χ3n) is 2.20. The summed E-state index contributed by atoms with van der Waals surface area (Å²) in [5.41, 5.74) is 0. The minimum absolute atomic E-state index is 0. The van der Waals surface area contributed by atoms with Crippen LogP contribution >= 0.6 is 12.4 Å². The maximum Gasteiger partial charge on any atom is 0.0895 e. The Morgan fingerprint density at radius 1 is 1.25 bits per heavy atom. The maximum atomic E-state index is 4.25.